The van der Waals surface area contributed by atoms with Gasteiger partial charge in [0.1, 0.15) is 11.5 Å². The van der Waals surface area contributed by atoms with Crippen molar-refractivity contribution in [2.75, 3.05) is 40.4 Å². The van der Waals surface area contributed by atoms with Crippen molar-refractivity contribution in [1.82, 2.24) is 8.61 Å². The lowest BCUT2D eigenvalue weighted by atomic mass is 10.1. The number of sulfonamides is 2. The topological polar surface area (TPSA) is 93.2 Å². The van der Waals surface area contributed by atoms with Crippen molar-refractivity contribution in [3.63, 3.8) is 0 Å². The van der Waals surface area contributed by atoms with Crippen LogP contribution in [0.4, 0.5) is 0 Å². The molecule has 1 saturated heterocycles. The third kappa shape index (κ3) is 4.62. The number of hydrogen-bond acceptors (Lipinski definition) is 6. The average molecular weight is 497 g/mol. The van der Waals surface area contributed by atoms with Crippen LogP contribution in [0.15, 0.2) is 34.1 Å². The van der Waals surface area contributed by atoms with Crippen LogP contribution in [-0.2, 0) is 20.0 Å². The summed E-state index contributed by atoms with van der Waals surface area (Å²) in [5, 5.41) is 0. The molecule has 182 valence electrons. The van der Waals surface area contributed by atoms with Crippen molar-refractivity contribution < 1.29 is 26.3 Å². The highest BCUT2D eigenvalue weighted by Crippen LogP contribution is 2.31. The van der Waals surface area contributed by atoms with E-state index in [2.05, 4.69) is 0 Å². The van der Waals surface area contributed by atoms with Gasteiger partial charge >= 0.3 is 0 Å². The van der Waals surface area contributed by atoms with Crippen LogP contribution in [0.2, 0.25) is 0 Å². The Morgan fingerprint density at radius 1 is 0.606 bits per heavy atom. The largest absolute Gasteiger partial charge is 0.496 e. The first-order valence-corrected chi connectivity index (χ1v) is 13.6. The maximum Gasteiger partial charge on any atom is 0.243 e. The van der Waals surface area contributed by atoms with Gasteiger partial charge in [-0.2, -0.15) is 8.61 Å². The highest BCUT2D eigenvalue weighted by molar-refractivity contribution is 7.89. The van der Waals surface area contributed by atoms with Crippen LogP contribution in [-0.4, -0.2) is 65.8 Å². The van der Waals surface area contributed by atoms with Crippen LogP contribution < -0.4 is 9.47 Å². The standard InChI is InChI=1S/C23H32N2O6S2/c1-16-18(3)22(10-8-20(16)30-5)32(26,27)24-12-7-13-25(15-14-24)33(28,29)23-11-9-21(31-6)17(2)19(23)4/h8-11H,7,12-15H2,1-6H3. The fourth-order valence-corrected chi connectivity index (χ4v) is 7.67. The molecule has 0 amide bonds. The summed E-state index contributed by atoms with van der Waals surface area (Å²) in [6.45, 7) is 7.83. The molecule has 0 aliphatic carbocycles. The summed E-state index contributed by atoms with van der Waals surface area (Å²) < 4.78 is 67.0. The molecule has 2 aromatic carbocycles. The Kier molecular flexibility index (Phi) is 7.42. The van der Waals surface area contributed by atoms with Gasteiger partial charge < -0.3 is 9.47 Å². The number of hydrogen-bond donors (Lipinski definition) is 0. The predicted molar refractivity (Wildman–Crippen MR) is 127 cm³/mol. The molecular weight excluding hydrogens is 464 g/mol. The van der Waals surface area contributed by atoms with Crippen molar-refractivity contribution in [2.24, 2.45) is 0 Å². The van der Waals surface area contributed by atoms with E-state index in [0.717, 1.165) is 11.1 Å². The zero-order valence-corrected chi connectivity index (χ0v) is 21.6. The zero-order chi connectivity index (χ0) is 24.6. The molecule has 1 aliphatic rings. The van der Waals surface area contributed by atoms with Crippen LogP contribution >= 0.6 is 0 Å². The highest BCUT2D eigenvalue weighted by Gasteiger charge is 2.33. The van der Waals surface area contributed by atoms with E-state index in [-0.39, 0.29) is 36.0 Å². The summed E-state index contributed by atoms with van der Waals surface area (Å²) in [5.74, 6) is 1.26. The van der Waals surface area contributed by atoms with Crippen LogP contribution in [0, 0.1) is 27.7 Å². The molecule has 33 heavy (non-hydrogen) atoms. The maximum absolute atomic E-state index is 13.4. The first-order valence-electron chi connectivity index (χ1n) is 10.8. The van der Waals surface area contributed by atoms with Gasteiger partial charge in [0.05, 0.1) is 24.0 Å². The molecule has 8 nitrogen and oxygen atoms in total. The normalized spacial score (nSPS) is 16.4. The van der Waals surface area contributed by atoms with E-state index in [4.69, 9.17) is 9.47 Å². The van der Waals surface area contributed by atoms with Crippen molar-refractivity contribution in [3.05, 3.63) is 46.5 Å². The van der Waals surface area contributed by atoms with Gasteiger partial charge in [-0.15, -0.1) is 0 Å². The average Bonchev–Trinajstić information content (AvgIpc) is 3.04. The third-order valence-corrected chi connectivity index (χ3v) is 10.6. The molecule has 0 spiro atoms. The van der Waals surface area contributed by atoms with Gasteiger partial charge in [-0.05, 0) is 80.6 Å². The molecule has 0 aromatic heterocycles. The van der Waals surface area contributed by atoms with Gasteiger partial charge in [0, 0.05) is 26.2 Å². The monoisotopic (exact) mass is 496 g/mol. The minimum absolute atomic E-state index is 0.0836. The lowest BCUT2D eigenvalue weighted by molar-refractivity contribution is 0.402. The quantitative estimate of drug-likeness (QED) is 0.610. The van der Waals surface area contributed by atoms with E-state index >= 15 is 0 Å². The second kappa shape index (κ2) is 9.61. The van der Waals surface area contributed by atoms with Crippen LogP contribution in [0.3, 0.4) is 0 Å². The second-order valence-electron chi connectivity index (χ2n) is 8.19. The van der Waals surface area contributed by atoms with E-state index in [1.807, 2.05) is 13.8 Å². The number of nitrogens with zero attached hydrogens (tertiary/aromatic N) is 2. The number of rotatable bonds is 6. The van der Waals surface area contributed by atoms with E-state index in [1.165, 1.54) is 8.61 Å². The minimum Gasteiger partial charge on any atom is -0.496 e. The van der Waals surface area contributed by atoms with Gasteiger partial charge in [0.25, 0.3) is 0 Å². The van der Waals surface area contributed by atoms with Gasteiger partial charge in [0.2, 0.25) is 20.0 Å². The SMILES string of the molecule is COc1ccc(S(=O)(=O)N2CCCN(S(=O)(=O)c3ccc(OC)c(C)c3C)CC2)c(C)c1C. The number of ether oxygens (including phenoxy) is 2. The van der Waals surface area contributed by atoms with Crippen LogP contribution in [0.5, 0.6) is 11.5 Å². The molecule has 0 saturated carbocycles. The predicted octanol–water partition coefficient (Wildman–Crippen LogP) is 3.02. The van der Waals surface area contributed by atoms with E-state index < -0.39 is 20.0 Å². The lowest BCUT2D eigenvalue weighted by Gasteiger charge is -2.24. The van der Waals surface area contributed by atoms with E-state index in [9.17, 15) is 16.8 Å². The summed E-state index contributed by atoms with van der Waals surface area (Å²) in [5.41, 5.74) is 2.80. The molecule has 1 heterocycles. The first-order chi connectivity index (χ1) is 15.5. The van der Waals surface area contributed by atoms with Crippen molar-refractivity contribution in [3.8, 4) is 11.5 Å². The van der Waals surface area contributed by atoms with Crippen LogP contribution in [0.1, 0.15) is 28.7 Å². The molecule has 3 rings (SSSR count). The molecule has 10 heteroatoms. The highest BCUT2D eigenvalue weighted by atomic mass is 32.2. The zero-order valence-electron chi connectivity index (χ0n) is 20.0. The van der Waals surface area contributed by atoms with Gasteiger partial charge in [-0.1, -0.05) is 0 Å². The minimum atomic E-state index is -3.78. The Hall–Kier alpha value is -2.14. The maximum atomic E-state index is 13.4. The molecule has 1 aliphatic heterocycles. The Labute approximate surface area is 197 Å². The molecular formula is C23H32N2O6S2. The summed E-state index contributed by atoms with van der Waals surface area (Å²) >= 11 is 0. The summed E-state index contributed by atoms with van der Waals surface area (Å²) in [7, 11) is -4.47. The number of methoxy groups -OCH3 is 2. The van der Waals surface area contributed by atoms with Crippen molar-refractivity contribution >= 4 is 20.0 Å². The van der Waals surface area contributed by atoms with Crippen molar-refractivity contribution in [2.45, 2.75) is 43.9 Å². The van der Waals surface area contributed by atoms with E-state index in [1.54, 1.807) is 52.3 Å². The molecule has 0 unspecified atom stereocenters. The molecule has 0 atom stereocenters. The van der Waals surface area contributed by atoms with Gasteiger partial charge in [0.15, 0.2) is 0 Å². The fourth-order valence-electron chi connectivity index (χ4n) is 4.17. The van der Waals surface area contributed by atoms with Crippen LogP contribution in [0.25, 0.3) is 0 Å². The Bertz CT molecular complexity index is 1160. The Balaban J connectivity index is 1.88. The van der Waals surface area contributed by atoms with Crippen molar-refractivity contribution in [1.29, 1.82) is 0 Å². The van der Waals surface area contributed by atoms with Gasteiger partial charge in [-0.3, -0.25) is 0 Å². The summed E-state index contributed by atoms with van der Waals surface area (Å²) in [6.07, 6.45) is 0.404. The smallest absolute Gasteiger partial charge is 0.243 e. The van der Waals surface area contributed by atoms with Gasteiger partial charge in [-0.25, -0.2) is 16.8 Å². The molecule has 1 fully saturated rings. The Morgan fingerprint density at radius 2 is 0.970 bits per heavy atom. The first kappa shape index (κ1) is 25.5. The number of benzene rings is 2. The summed E-state index contributed by atoms with van der Waals surface area (Å²) in [6, 6.07) is 6.41. The molecule has 2 aromatic rings. The molecule has 0 radical (unpaired) electrons. The van der Waals surface area contributed by atoms with E-state index in [0.29, 0.717) is 29.0 Å². The summed E-state index contributed by atoms with van der Waals surface area (Å²) in [4.78, 5) is 0.442. The lowest BCUT2D eigenvalue weighted by Crippen LogP contribution is -2.37. The second-order valence-corrected chi connectivity index (χ2v) is 12.0. The molecule has 0 N–H and O–H groups in total. The fraction of sp³-hybridized carbons (Fsp3) is 0.478. The molecule has 0 bridgehead atoms. The third-order valence-electron chi connectivity index (χ3n) is 6.46. The Morgan fingerprint density at radius 3 is 1.30 bits per heavy atom.